The molecule has 0 saturated heterocycles. The third-order valence-electron chi connectivity index (χ3n) is 5.09. The van der Waals surface area contributed by atoms with Crippen molar-refractivity contribution in [3.05, 3.63) is 70.5 Å². The molecule has 2 rings (SSSR count). The molecule has 1 N–H and O–H groups in total. The molecule has 4 nitrogen and oxygen atoms in total. The topological polar surface area (TPSA) is 49.4 Å². The van der Waals surface area contributed by atoms with Crippen LogP contribution in [0.25, 0.3) is 0 Å². The summed E-state index contributed by atoms with van der Waals surface area (Å²) in [7, 11) is 0. The molecule has 0 saturated carbocycles. The van der Waals surface area contributed by atoms with Crippen LogP contribution in [0.4, 0.5) is 4.39 Å². The number of halogens is 2. The summed E-state index contributed by atoms with van der Waals surface area (Å²) in [6.07, 6.45) is 1.31. The molecular formula is C24H30ClFN2O2S. The summed E-state index contributed by atoms with van der Waals surface area (Å²) in [5.41, 5.74) is 1.46. The molecule has 0 bridgehead atoms. The average molecular weight is 465 g/mol. The number of hydrogen-bond acceptors (Lipinski definition) is 3. The van der Waals surface area contributed by atoms with Crippen LogP contribution in [-0.4, -0.2) is 34.6 Å². The van der Waals surface area contributed by atoms with E-state index in [1.165, 1.54) is 17.8 Å². The molecule has 0 aliphatic heterocycles. The first kappa shape index (κ1) is 25.2. The second-order valence-electron chi connectivity index (χ2n) is 7.47. The number of carbonyl (C=O) groups is 2. The van der Waals surface area contributed by atoms with Gasteiger partial charge in [0.2, 0.25) is 11.8 Å². The van der Waals surface area contributed by atoms with Gasteiger partial charge in [0.05, 0.1) is 5.75 Å². The number of carbonyl (C=O) groups excluding carboxylic acids is 2. The van der Waals surface area contributed by atoms with Crippen molar-refractivity contribution in [2.24, 2.45) is 0 Å². The maximum Gasteiger partial charge on any atom is 0.243 e. The van der Waals surface area contributed by atoms with Crippen molar-refractivity contribution in [1.82, 2.24) is 10.2 Å². The summed E-state index contributed by atoms with van der Waals surface area (Å²) in [5, 5.41) is 3.60. The Bertz CT molecular complexity index is 863. The van der Waals surface area contributed by atoms with E-state index in [0.29, 0.717) is 29.3 Å². The predicted octanol–water partition coefficient (Wildman–Crippen LogP) is 5.43. The van der Waals surface area contributed by atoms with Crippen LogP contribution in [0.2, 0.25) is 5.02 Å². The fourth-order valence-electron chi connectivity index (χ4n) is 3.09. The van der Waals surface area contributed by atoms with Gasteiger partial charge in [-0.3, -0.25) is 9.59 Å². The van der Waals surface area contributed by atoms with Gasteiger partial charge < -0.3 is 10.2 Å². The van der Waals surface area contributed by atoms with E-state index in [0.717, 1.165) is 12.0 Å². The fourth-order valence-corrected chi connectivity index (χ4v) is 4.12. The van der Waals surface area contributed by atoms with Crippen LogP contribution in [-0.2, 0) is 21.9 Å². The molecule has 0 aromatic heterocycles. The second kappa shape index (κ2) is 12.7. The van der Waals surface area contributed by atoms with Gasteiger partial charge in [-0.25, -0.2) is 4.39 Å². The number of rotatable bonds is 11. The Morgan fingerprint density at radius 3 is 2.39 bits per heavy atom. The number of benzene rings is 2. The molecule has 2 atom stereocenters. The van der Waals surface area contributed by atoms with Crippen LogP contribution in [0.5, 0.6) is 0 Å². The fraction of sp³-hybridized carbons (Fsp3) is 0.417. The lowest BCUT2D eigenvalue weighted by Gasteiger charge is -2.31. The molecule has 7 heteroatoms. The first-order valence-corrected chi connectivity index (χ1v) is 12.0. The van der Waals surface area contributed by atoms with Crippen LogP contribution < -0.4 is 5.32 Å². The third-order valence-corrected chi connectivity index (χ3v) is 6.31. The van der Waals surface area contributed by atoms with Crippen molar-refractivity contribution < 1.29 is 14.0 Å². The molecule has 2 aromatic carbocycles. The van der Waals surface area contributed by atoms with Crippen molar-refractivity contribution in [1.29, 1.82) is 0 Å². The lowest BCUT2D eigenvalue weighted by atomic mass is 10.1. The minimum absolute atomic E-state index is 0.0319. The maximum absolute atomic E-state index is 13.9. The minimum Gasteiger partial charge on any atom is -0.352 e. The Balaban J connectivity index is 2.14. The summed E-state index contributed by atoms with van der Waals surface area (Å²) in [4.78, 5) is 27.7. The highest BCUT2D eigenvalue weighted by Crippen LogP contribution is 2.19. The summed E-state index contributed by atoms with van der Waals surface area (Å²) < 4.78 is 13.9. The van der Waals surface area contributed by atoms with E-state index in [4.69, 9.17) is 11.6 Å². The summed E-state index contributed by atoms with van der Waals surface area (Å²) in [6.45, 7) is 6.15. The van der Waals surface area contributed by atoms with E-state index < -0.39 is 6.04 Å². The van der Waals surface area contributed by atoms with Gasteiger partial charge in [-0.05, 0) is 49.1 Å². The maximum atomic E-state index is 13.9. The molecule has 2 amide bonds. The van der Waals surface area contributed by atoms with Gasteiger partial charge in [0, 0.05) is 23.4 Å². The Morgan fingerprint density at radius 2 is 1.77 bits per heavy atom. The highest BCUT2D eigenvalue weighted by molar-refractivity contribution is 7.99. The molecule has 0 spiro atoms. The molecule has 0 aliphatic carbocycles. The summed E-state index contributed by atoms with van der Waals surface area (Å²) in [6, 6.07) is 13.3. The monoisotopic (exact) mass is 464 g/mol. The molecule has 168 valence electrons. The summed E-state index contributed by atoms with van der Waals surface area (Å²) >= 11 is 7.33. The molecule has 2 aromatic rings. The van der Waals surface area contributed by atoms with Crippen molar-refractivity contribution in [3.8, 4) is 0 Å². The van der Waals surface area contributed by atoms with Crippen molar-refractivity contribution in [2.75, 3.05) is 5.75 Å². The van der Waals surface area contributed by atoms with Gasteiger partial charge in [0.25, 0.3) is 0 Å². The van der Waals surface area contributed by atoms with Crippen LogP contribution in [0.3, 0.4) is 0 Å². The number of hydrogen-bond donors (Lipinski definition) is 1. The molecule has 0 radical (unpaired) electrons. The zero-order valence-corrected chi connectivity index (χ0v) is 19.8. The molecular weight excluding hydrogens is 435 g/mol. The van der Waals surface area contributed by atoms with Crippen molar-refractivity contribution >= 4 is 35.2 Å². The van der Waals surface area contributed by atoms with Crippen LogP contribution in [0, 0.1) is 5.82 Å². The normalized spacial score (nSPS) is 12.8. The zero-order valence-electron chi connectivity index (χ0n) is 18.2. The van der Waals surface area contributed by atoms with Gasteiger partial charge in [-0.15, -0.1) is 11.8 Å². The second-order valence-corrected chi connectivity index (χ2v) is 8.90. The van der Waals surface area contributed by atoms with E-state index in [-0.39, 0.29) is 29.4 Å². The quantitative estimate of drug-likeness (QED) is 0.482. The number of amides is 2. The van der Waals surface area contributed by atoms with E-state index in [1.54, 1.807) is 35.2 Å². The van der Waals surface area contributed by atoms with E-state index in [2.05, 4.69) is 5.32 Å². The average Bonchev–Trinajstić information content (AvgIpc) is 2.76. The van der Waals surface area contributed by atoms with Crippen LogP contribution in [0.1, 0.15) is 44.7 Å². The minimum atomic E-state index is -0.578. The molecule has 31 heavy (non-hydrogen) atoms. The lowest BCUT2D eigenvalue weighted by Crippen LogP contribution is -2.51. The summed E-state index contributed by atoms with van der Waals surface area (Å²) in [5.74, 6) is -0.0292. The Hall–Kier alpha value is -2.05. The Kier molecular flexibility index (Phi) is 10.3. The van der Waals surface area contributed by atoms with Gasteiger partial charge >= 0.3 is 0 Å². The first-order valence-electron chi connectivity index (χ1n) is 10.5. The lowest BCUT2D eigenvalue weighted by molar-refractivity contribution is -0.139. The highest BCUT2D eigenvalue weighted by atomic mass is 35.5. The SMILES string of the molecule is CC[C@H](C)NC(=O)[C@H](CC)N(Cc1ccc(Cl)cc1)C(=O)CSCc1ccccc1F. The molecule has 0 unspecified atom stereocenters. The van der Waals surface area contributed by atoms with Gasteiger partial charge in [0.1, 0.15) is 11.9 Å². The van der Waals surface area contributed by atoms with Gasteiger partial charge in [-0.1, -0.05) is 55.8 Å². The first-order chi connectivity index (χ1) is 14.8. The van der Waals surface area contributed by atoms with Gasteiger partial charge in [-0.2, -0.15) is 0 Å². The Labute approximate surface area is 193 Å². The molecule has 0 fully saturated rings. The number of nitrogens with one attached hydrogen (secondary N) is 1. The molecule has 0 aliphatic rings. The van der Waals surface area contributed by atoms with Crippen molar-refractivity contribution in [3.63, 3.8) is 0 Å². The predicted molar refractivity (Wildman–Crippen MR) is 127 cm³/mol. The number of nitrogens with zero attached hydrogens (tertiary/aromatic N) is 1. The van der Waals surface area contributed by atoms with E-state index in [9.17, 15) is 14.0 Å². The van der Waals surface area contributed by atoms with E-state index in [1.807, 2.05) is 32.9 Å². The van der Waals surface area contributed by atoms with Crippen molar-refractivity contribution in [2.45, 2.75) is 58.0 Å². The largest absolute Gasteiger partial charge is 0.352 e. The van der Waals surface area contributed by atoms with Crippen LogP contribution >= 0.6 is 23.4 Å². The smallest absolute Gasteiger partial charge is 0.243 e. The zero-order chi connectivity index (χ0) is 22.8. The Morgan fingerprint density at radius 1 is 1.10 bits per heavy atom. The standard InChI is InChI=1S/C24H30ClFN2O2S/c1-4-17(3)27-24(30)22(5-2)28(14-18-10-12-20(25)13-11-18)23(29)16-31-15-19-8-6-7-9-21(19)26/h6-13,17,22H,4-5,14-16H2,1-3H3,(H,27,30)/t17-,22-/m0/s1. The highest BCUT2D eigenvalue weighted by Gasteiger charge is 2.29. The molecule has 0 heterocycles. The third kappa shape index (κ3) is 7.86. The van der Waals surface area contributed by atoms with E-state index >= 15 is 0 Å². The van der Waals surface area contributed by atoms with Crippen LogP contribution in [0.15, 0.2) is 48.5 Å². The number of thioether (sulfide) groups is 1. The van der Waals surface area contributed by atoms with Gasteiger partial charge in [0.15, 0.2) is 0 Å².